The molecule has 0 aromatic carbocycles. The van der Waals surface area contributed by atoms with Gasteiger partial charge < -0.3 is 53.1 Å². The van der Waals surface area contributed by atoms with E-state index in [1.807, 2.05) is 83.1 Å². The zero-order chi connectivity index (χ0) is 32.8. The molecule has 261 valence electrons. The summed E-state index contributed by atoms with van der Waals surface area (Å²) < 4.78 is 77.3. The van der Waals surface area contributed by atoms with Crippen molar-refractivity contribution in [1.29, 1.82) is 0 Å². The third-order valence-electron chi connectivity index (χ3n) is 5.70. The Kier molecular flexibility index (Phi) is 28.3. The predicted octanol–water partition coefficient (Wildman–Crippen LogP) is 4.43. The molecule has 0 rings (SSSR count). The zero-order valence-electron chi connectivity index (χ0n) is 29.9. The Morgan fingerprint density at radius 3 is 0.500 bits per heavy atom. The van der Waals surface area contributed by atoms with Gasteiger partial charge in [-0.05, 0) is 83.1 Å². The van der Waals surface area contributed by atoms with Gasteiger partial charge in [0.25, 0.3) is 0 Å². The van der Waals surface area contributed by atoms with Crippen LogP contribution in [0.3, 0.4) is 0 Å². The number of hydrogen-bond donors (Lipinski definition) is 0. The molecule has 0 heterocycles. The summed E-state index contributed by atoms with van der Waals surface area (Å²) >= 11 is 1.44. The van der Waals surface area contributed by atoms with E-state index in [1.165, 1.54) is 11.8 Å². The van der Waals surface area contributed by atoms with Crippen molar-refractivity contribution in [2.45, 2.75) is 92.1 Å². The second-order valence-corrected chi connectivity index (χ2v) is 23.2. The van der Waals surface area contributed by atoms with E-state index in [4.69, 9.17) is 53.1 Å². The topological polar surface area (TPSA) is 111 Å². The van der Waals surface area contributed by atoms with E-state index in [-0.39, 0.29) is 18.9 Å². The van der Waals surface area contributed by atoms with Crippen LogP contribution in [0.1, 0.15) is 83.1 Å². The molecule has 1 radical (unpaired) electrons. The monoisotopic (exact) mass is 717 g/mol. The van der Waals surface area contributed by atoms with Crippen LogP contribution < -0.4 is 0 Å². The Balaban J connectivity index is 0. The van der Waals surface area contributed by atoms with Gasteiger partial charge in [0.05, 0.1) is 0 Å². The molecule has 0 N–H and O–H groups in total. The van der Waals surface area contributed by atoms with Gasteiger partial charge in [0.2, 0.25) is 0 Å². The summed E-state index contributed by atoms with van der Waals surface area (Å²) in [6, 6.07) is 0. The minimum atomic E-state index is -3.67. The van der Waals surface area contributed by atoms with E-state index in [0.29, 0.717) is 79.3 Å². The molecule has 0 aliphatic carbocycles. The first-order valence-electron chi connectivity index (χ1n) is 16.0. The maximum atomic E-state index is 6.56. The molecule has 0 spiro atoms. The van der Waals surface area contributed by atoms with Crippen molar-refractivity contribution in [3.63, 3.8) is 0 Å². The number of hydrogen-bond acceptors (Lipinski definition) is 13. The molecule has 0 aromatic rings. The molecule has 0 amide bonds. The minimum Gasteiger partial charge on any atom is -0.373 e. The molecule has 0 unspecified atom stereocenters. The van der Waals surface area contributed by atoms with Gasteiger partial charge in [-0.15, -0.1) is 11.8 Å². The largest absolute Gasteiger partial charge is 0.519 e. The molecule has 12 nitrogen and oxygen atoms in total. The van der Waals surface area contributed by atoms with E-state index in [9.17, 15) is 0 Å². The van der Waals surface area contributed by atoms with Crippen molar-refractivity contribution in [3.05, 3.63) is 0 Å². The average molecular weight is 718 g/mol. The fraction of sp³-hybridized carbons (Fsp3) is 1.00. The quantitative estimate of drug-likeness (QED) is 0.0979. The second-order valence-electron chi connectivity index (χ2n) is 8.51. The smallest absolute Gasteiger partial charge is 0.373 e. The Bertz CT molecular complexity index is 521. The van der Waals surface area contributed by atoms with Gasteiger partial charge in [-0.2, -0.15) is 0 Å². The molecule has 0 saturated heterocycles. The van der Waals surface area contributed by atoms with Gasteiger partial charge in [0, 0.05) is 98.1 Å². The standard InChI is InChI=1S/C26H62O12SSi4.Li/c1-13-27-40(28-14-2,29-15-3)25(41(30-16-4,31-17-5)32-18-6)39-26(42(33-19-7,34-20-8)35-21-9)43(36-22-10,37-23-11)38-24-12;/h25-26H,13-24H2,1-12H3;. The minimum absolute atomic E-state index is 0. The molecular formula is C26H62LiO12SSi4. The summed E-state index contributed by atoms with van der Waals surface area (Å²) in [5, 5.41) is 0. The molecule has 0 saturated carbocycles. The van der Waals surface area contributed by atoms with Gasteiger partial charge >= 0.3 is 35.2 Å². The van der Waals surface area contributed by atoms with Crippen molar-refractivity contribution in [2.75, 3.05) is 79.3 Å². The summed E-state index contributed by atoms with van der Waals surface area (Å²) in [5.41, 5.74) is 0. The van der Waals surface area contributed by atoms with Gasteiger partial charge in [-0.3, -0.25) is 0 Å². The van der Waals surface area contributed by atoms with E-state index < -0.39 is 44.2 Å². The van der Waals surface area contributed by atoms with Crippen LogP contribution in [0.2, 0.25) is 0 Å². The van der Waals surface area contributed by atoms with Crippen LogP contribution in [0.15, 0.2) is 0 Å². The third kappa shape index (κ3) is 13.0. The Morgan fingerprint density at radius 1 is 0.295 bits per heavy atom. The van der Waals surface area contributed by atoms with Crippen molar-refractivity contribution in [2.24, 2.45) is 0 Å². The molecule has 0 fully saturated rings. The molecule has 44 heavy (non-hydrogen) atoms. The van der Waals surface area contributed by atoms with Gasteiger partial charge in [-0.1, -0.05) is 0 Å². The van der Waals surface area contributed by atoms with Crippen LogP contribution in [0.5, 0.6) is 0 Å². The van der Waals surface area contributed by atoms with E-state index in [0.717, 1.165) is 0 Å². The second kappa shape index (κ2) is 26.2. The normalized spacial score (nSPS) is 13.2. The molecule has 0 aromatic heterocycles. The number of rotatable bonds is 30. The molecule has 0 aliphatic rings. The van der Waals surface area contributed by atoms with Crippen LogP contribution in [0.4, 0.5) is 0 Å². The van der Waals surface area contributed by atoms with Crippen LogP contribution in [0, 0.1) is 0 Å². The molecule has 0 bridgehead atoms. The maximum Gasteiger partial charge on any atom is 0.519 e. The van der Waals surface area contributed by atoms with Gasteiger partial charge in [-0.25, -0.2) is 0 Å². The average Bonchev–Trinajstić information content (AvgIpc) is 2.95. The molecular weight excluding hydrogens is 656 g/mol. The predicted molar refractivity (Wildman–Crippen MR) is 183 cm³/mol. The fourth-order valence-corrected chi connectivity index (χ4v) is 27.5. The van der Waals surface area contributed by atoms with Crippen LogP contribution >= 0.6 is 11.8 Å². The van der Waals surface area contributed by atoms with Crippen LogP contribution in [-0.4, -0.2) is 142 Å². The summed E-state index contributed by atoms with van der Waals surface area (Å²) in [6.07, 6.45) is 0. The van der Waals surface area contributed by atoms with Crippen LogP contribution in [0.25, 0.3) is 0 Å². The zero-order valence-corrected chi connectivity index (χ0v) is 34.8. The first kappa shape index (κ1) is 47.5. The van der Waals surface area contributed by atoms with Gasteiger partial charge in [0.15, 0.2) is 0 Å². The maximum absolute atomic E-state index is 6.56. The van der Waals surface area contributed by atoms with E-state index >= 15 is 0 Å². The Hall–Kier alpha value is 1.33. The van der Waals surface area contributed by atoms with E-state index in [1.54, 1.807) is 0 Å². The summed E-state index contributed by atoms with van der Waals surface area (Å²) in [5.74, 6) is 0. The summed E-state index contributed by atoms with van der Waals surface area (Å²) in [6.45, 7) is 27.2. The van der Waals surface area contributed by atoms with E-state index in [2.05, 4.69) is 0 Å². The van der Waals surface area contributed by atoms with Crippen molar-refractivity contribution < 1.29 is 53.1 Å². The SMILES string of the molecule is CCO[Si](OCC)(OCC)C(SC([Si](OCC)(OCC)OCC)[Si](OCC)(OCC)OCC)[Si](OCC)(OCC)OCC.[Li]. The first-order chi connectivity index (χ1) is 20.7. The Morgan fingerprint density at radius 2 is 0.409 bits per heavy atom. The summed E-state index contributed by atoms with van der Waals surface area (Å²) in [7, 11) is -14.7. The molecule has 0 aliphatic heterocycles. The van der Waals surface area contributed by atoms with Crippen molar-refractivity contribution in [3.8, 4) is 0 Å². The summed E-state index contributed by atoms with van der Waals surface area (Å²) in [4.78, 5) is 0. The first-order valence-corrected chi connectivity index (χ1v) is 24.2. The van der Waals surface area contributed by atoms with Crippen molar-refractivity contribution in [1.82, 2.24) is 0 Å². The fourth-order valence-electron chi connectivity index (χ4n) is 4.72. The number of thioether (sulfide) groups is 1. The molecule has 0 atom stereocenters. The van der Waals surface area contributed by atoms with Gasteiger partial charge in [0.1, 0.15) is 8.99 Å². The van der Waals surface area contributed by atoms with Crippen molar-refractivity contribution >= 4 is 65.8 Å². The third-order valence-corrected chi connectivity index (χ3v) is 26.4. The Labute approximate surface area is 289 Å². The van der Waals surface area contributed by atoms with Crippen LogP contribution in [-0.2, 0) is 53.1 Å². The molecule has 18 heteroatoms.